The molecule has 3 aromatic rings. The van der Waals surface area contributed by atoms with E-state index in [0.29, 0.717) is 5.92 Å². The van der Waals surface area contributed by atoms with E-state index in [-0.39, 0.29) is 0 Å². The van der Waals surface area contributed by atoms with Gasteiger partial charge >= 0.3 is 0 Å². The maximum Gasteiger partial charge on any atom is 0.0695 e. The molecule has 0 bridgehead atoms. The van der Waals surface area contributed by atoms with Gasteiger partial charge < -0.3 is 0 Å². The number of likely N-dealkylation sites (tertiary alicyclic amines) is 1. The van der Waals surface area contributed by atoms with Crippen LogP contribution in [0.3, 0.4) is 0 Å². The molecule has 4 nitrogen and oxygen atoms in total. The summed E-state index contributed by atoms with van der Waals surface area (Å²) in [7, 11) is 0. The quantitative estimate of drug-likeness (QED) is 0.803. The highest BCUT2D eigenvalue weighted by Gasteiger charge is 2.28. The summed E-state index contributed by atoms with van der Waals surface area (Å²) < 4.78 is 0. The van der Waals surface area contributed by atoms with Gasteiger partial charge in [-0.1, -0.05) is 36.4 Å². The molecule has 1 N–H and O–H groups in total. The number of aromatic nitrogens is 3. The van der Waals surface area contributed by atoms with Gasteiger partial charge in [0.1, 0.15) is 0 Å². The minimum Gasteiger partial charge on any atom is -0.298 e. The molecule has 1 aromatic carbocycles. The third kappa shape index (κ3) is 2.53. The Morgan fingerprint density at radius 1 is 1.05 bits per heavy atom. The third-order valence-corrected chi connectivity index (χ3v) is 4.29. The highest BCUT2D eigenvalue weighted by molar-refractivity contribution is 5.62. The molecule has 0 unspecified atom stereocenters. The number of benzene rings is 1. The number of rotatable bonds is 4. The fourth-order valence-electron chi connectivity index (χ4n) is 3.05. The molecule has 4 rings (SSSR count). The van der Waals surface area contributed by atoms with Crippen LogP contribution in [0.2, 0.25) is 0 Å². The van der Waals surface area contributed by atoms with Gasteiger partial charge in [-0.3, -0.25) is 15.0 Å². The highest BCUT2D eigenvalue weighted by Crippen LogP contribution is 2.29. The molecule has 0 radical (unpaired) electrons. The molecule has 0 atom stereocenters. The van der Waals surface area contributed by atoms with E-state index in [1.807, 2.05) is 30.7 Å². The highest BCUT2D eigenvalue weighted by atomic mass is 15.2. The smallest absolute Gasteiger partial charge is 0.0695 e. The lowest BCUT2D eigenvalue weighted by Gasteiger charge is -2.39. The number of hydrogen-bond donors (Lipinski definition) is 1. The van der Waals surface area contributed by atoms with Gasteiger partial charge in [-0.05, 0) is 17.2 Å². The van der Waals surface area contributed by atoms with Gasteiger partial charge in [0.25, 0.3) is 0 Å². The van der Waals surface area contributed by atoms with E-state index in [1.165, 1.54) is 16.7 Å². The zero-order chi connectivity index (χ0) is 14.8. The van der Waals surface area contributed by atoms with E-state index in [2.05, 4.69) is 50.4 Å². The van der Waals surface area contributed by atoms with Crippen LogP contribution in [0.5, 0.6) is 0 Å². The molecule has 110 valence electrons. The normalized spacial score (nSPS) is 15.6. The van der Waals surface area contributed by atoms with Gasteiger partial charge in [0.15, 0.2) is 0 Å². The molecular weight excluding hydrogens is 272 g/mol. The Balaban J connectivity index is 1.43. The van der Waals surface area contributed by atoms with Crippen LogP contribution in [0, 0.1) is 0 Å². The van der Waals surface area contributed by atoms with Gasteiger partial charge in [0, 0.05) is 43.5 Å². The SMILES string of the molecule is c1ccc(-c2[nH]ncc2CN2CC(c3cccnc3)C2)cc1. The number of pyridine rings is 1. The van der Waals surface area contributed by atoms with Crippen molar-refractivity contribution in [2.75, 3.05) is 13.1 Å². The first kappa shape index (κ1) is 13.2. The van der Waals surface area contributed by atoms with Crippen LogP contribution in [0.4, 0.5) is 0 Å². The van der Waals surface area contributed by atoms with Crippen LogP contribution < -0.4 is 0 Å². The van der Waals surface area contributed by atoms with Gasteiger partial charge in [-0.15, -0.1) is 0 Å². The van der Waals surface area contributed by atoms with E-state index < -0.39 is 0 Å². The second kappa shape index (κ2) is 5.73. The Labute approximate surface area is 129 Å². The first-order chi connectivity index (χ1) is 10.9. The molecule has 0 spiro atoms. The molecule has 1 aliphatic heterocycles. The molecule has 1 fully saturated rings. The van der Waals surface area contributed by atoms with Crippen LogP contribution in [-0.2, 0) is 6.54 Å². The van der Waals surface area contributed by atoms with Crippen molar-refractivity contribution in [1.82, 2.24) is 20.1 Å². The molecule has 2 aromatic heterocycles. The molecule has 1 saturated heterocycles. The van der Waals surface area contributed by atoms with Crippen molar-refractivity contribution in [2.24, 2.45) is 0 Å². The Morgan fingerprint density at radius 2 is 1.91 bits per heavy atom. The summed E-state index contributed by atoms with van der Waals surface area (Å²) in [6.45, 7) is 3.12. The number of nitrogens with one attached hydrogen (secondary N) is 1. The van der Waals surface area contributed by atoms with Crippen LogP contribution >= 0.6 is 0 Å². The lowest BCUT2D eigenvalue weighted by atomic mass is 9.92. The number of H-pyrrole nitrogens is 1. The first-order valence-corrected chi connectivity index (χ1v) is 7.60. The predicted molar refractivity (Wildman–Crippen MR) is 86.3 cm³/mol. The van der Waals surface area contributed by atoms with E-state index in [0.717, 1.165) is 25.3 Å². The van der Waals surface area contributed by atoms with Crippen molar-refractivity contribution < 1.29 is 0 Å². The maximum atomic E-state index is 4.23. The summed E-state index contributed by atoms with van der Waals surface area (Å²) in [6.07, 6.45) is 5.76. The van der Waals surface area contributed by atoms with Crippen LogP contribution in [0.25, 0.3) is 11.3 Å². The molecular formula is C18H18N4. The fourth-order valence-corrected chi connectivity index (χ4v) is 3.05. The summed E-state index contributed by atoms with van der Waals surface area (Å²) in [5.74, 6) is 0.612. The summed E-state index contributed by atoms with van der Waals surface area (Å²) in [4.78, 5) is 6.66. The topological polar surface area (TPSA) is 44.8 Å². The van der Waals surface area contributed by atoms with Crippen molar-refractivity contribution in [3.8, 4) is 11.3 Å². The average molecular weight is 290 g/mol. The molecule has 0 amide bonds. The Morgan fingerprint density at radius 3 is 2.68 bits per heavy atom. The van der Waals surface area contributed by atoms with Crippen LogP contribution in [-0.4, -0.2) is 33.2 Å². The number of nitrogens with zero attached hydrogens (tertiary/aromatic N) is 3. The first-order valence-electron chi connectivity index (χ1n) is 7.60. The van der Waals surface area contributed by atoms with E-state index in [1.54, 1.807) is 0 Å². The molecule has 0 saturated carbocycles. The van der Waals surface area contributed by atoms with E-state index in [9.17, 15) is 0 Å². The third-order valence-electron chi connectivity index (χ3n) is 4.29. The summed E-state index contributed by atoms with van der Waals surface area (Å²) in [6, 6.07) is 14.6. The maximum absolute atomic E-state index is 4.23. The fraction of sp³-hybridized carbons (Fsp3) is 0.222. The molecule has 1 aliphatic rings. The van der Waals surface area contributed by atoms with Crippen molar-refractivity contribution in [3.05, 3.63) is 72.2 Å². The van der Waals surface area contributed by atoms with E-state index >= 15 is 0 Å². The van der Waals surface area contributed by atoms with Crippen molar-refractivity contribution in [2.45, 2.75) is 12.5 Å². The Kier molecular flexibility index (Phi) is 3.45. The largest absolute Gasteiger partial charge is 0.298 e. The molecule has 3 heterocycles. The lowest BCUT2D eigenvalue weighted by molar-refractivity contribution is 0.140. The average Bonchev–Trinajstić information content (AvgIpc) is 3.00. The zero-order valence-corrected chi connectivity index (χ0v) is 12.3. The molecule has 4 heteroatoms. The monoisotopic (exact) mass is 290 g/mol. The van der Waals surface area contributed by atoms with Crippen molar-refractivity contribution in [3.63, 3.8) is 0 Å². The summed E-state index contributed by atoms with van der Waals surface area (Å²) in [5, 5.41) is 7.36. The predicted octanol–water partition coefficient (Wildman–Crippen LogP) is 3.07. The van der Waals surface area contributed by atoms with E-state index in [4.69, 9.17) is 0 Å². The lowest BCUT2D eigenvalue weighted by Crippen LogP contribution is -2.44. The van der Waals surface area contributed by atoms with Crippen molar-refractivity contribution in [1.29, 1.82) is 0 Å². The van der Waals surface area contributed by atoms with Crippen molar-refractivity contribution >= 4 is 0 Å². The molecule has 22 heavy (non-hydrogen) atoms. The molecule has 0 aliphatic carbocycles. The Hall–Kier alpha value is -2.46. The standard InChI is InChI=1S/C18H18N4/c1-2-5-14(6-3-1)18-16(10-20-21-18)11-22-12-17(13-22)15-7-4-8-19-9-15/h1-10,17H,11-13H2,(H,20,21). The van der Waals surface area contributed by atoms with Gasteiger partial charge in [-0.2, -0.15) is 5.10 Å². The van der Waals surface area contributed by atoms with Gasteiger partial charge in [0.2, 0.25) is 0 Å². The van der Waals surface area contributed by atoms with Crippen LogP contribution in [0.15, 0.2) is 61.1 Å². The second-order valence-corrected chi connectivity index (χ2v) is 5.81. The number of hydrogen-bond acceptors (Lipinski definition) is 3. The summed E-state index contributed by atoms with van der Waals surface area (Å²) >= 11 is 0. The van der Waals surface area contributed by atoms with Gasteiger partial charge in [0.05, 0.1) is 11.9 Å². The Bertz CT molecular complexity index is 730. The zero-order valence-electron chi connectivity index (χ0n) is 12.3. The minimum atomic E-state index is 0.612. The number of aromatic amines is 1. The second-order valence-electron chi connectivity index (χ2n) is 5.81. The van der Waals surface area contributed by atoms with Crippen LogP contribution in [0.1, 0.15) is 17.0 Å². The summed E-state index contributed by atoms with van der Waals surface area (Å²) in [5.41, 5.74) is 4.93. The van der Waals surface area contributed by atoms with Gasteiger partial charge in [-0.25, -0.2) is 0 Å². The minimum absolute atomic E-state index is 0.612.